The van der Waals surface area contributed by atoms with E-state index in [1.807, 2.05) is 11.9 Å². The SMILES string of the molecule is CCN1CCN(c2ccc(S(=O)(=O)N3CCN(C)CC3)cc2[N+](=O)[O-])CC1. The molecule has 1 aromatic carbocycles. The maximum Gasteiger partial charge on any atom is 0.293 e. The number of nitro benzene ring substituents is 1. The molecule has 1 aromatic rings. The van der Waals surface area contributed by atoms with Gasteiger partial charge >= 0.3 is 0 Å². The maximum atomic E-state index is 12.9. The minimum Gasteiger partial charge on any atom is -0.363 e. The zero-order valence-electron chi connectivity index (χ0n) is 15.9. The van der Waals surface area contributed by atoms with E-state index >= 15 is 0 Å². The normalized spacial score (nSPS) is 20.7. The fourth-order valence-electron chi connectivity index (χ4n) is 3.56. The molecule has 0 bridgehead atoms. The summed E-state index contributed by atoms with van der Waals surface area (Å²) >= 11 is 0. The molecule has 0 aliphatic carbocycles. The molecule has 9 nitrogen and oxygen atoms in total. The molecule has 2 aliphatic heterocycles. The van der Waals surface area contributed by atoms with Crippen LogP contribution in [0.1, 0.15) is 6.92 Å². The minimum atomic E-state index is -3.73. The predicted octanol–water partition coefficient (Wildman–Crippen LogP) is 0.673. The Labute approximate surface area is 160 Å². The fraction of sp³-hybridized carbons (Fsp3) is 0.647. The van der Waals surface area contributed by atoms with Gasteiger partial charge in [-0.15, -0.1) is 0 Å². The second kappa shape index (κ2) is 8.09. The topological polar surface area (TPSA) is 90.2 Å². The van der Waals surface area contributed by atoms with Crippen LogP contribution >= 0.6 is 0 Å². The predicted molar refractivity (Wildman–Crippen MR) is 104 cm³/mol. The standard InChI is InChI=1S/C17H27N5O4S/c1-3-19-8-10-20(11-9-19)16-5-4-15(14-17(16)22(23)24)27(25,26)21-12-6-18(2)7-13-21/h4-5,14H,3,6-13H2,1-2H3. The van der Waals surface area contributed by atoms with Gasteiger partial charge < -0.3 is 14.7 Å². The van der Waals surface area contributed by atoms with Crippen molar-refractivity contribution < 1.29 is 13.3 Å². The second-order valence-corrected chi connectivity index (χ2v) is 8.97. The van der Waals surface area contributed by atoms with Crippen molar-refractivity contribution in [1.82, 2.24) is 14.1 Å². The summed E-state index contributed by atoms with van der Waals surface area (Å²) in [5.74, 6) is 0. The van der Waals surface area contributed by atoms with Crippen LogP contribution < -0.4 is 4.90 Å². The number of sulfonamides is 1. The number of piperazine rings is 2. The zero-order valence-corrected chi connectivity index (χ0v) is 16.7. The molecule has 150 valence electrons. The van der Waals surface area contributed by atoms with Crippen LogP contribution in [0.5, 0.6) is 0 Å². The van der Waals surface area contributed by atoms with Crippen molar-refractivity contribution in [1.29, 1.82) is 0 Å². The summed E-state index contributed by atoms with van der Waals surface area (Å²) in [7, 11) is -1.78. The van der Waals surface area contributed by atoms with Crippen molar-refractivity contribution in [2.45, 2.75) is 11.8 Å². The summed E-state index contributed by atoms with van der Waals surface area (Å²) in [6.45, 7) is 8.22. The first-order valence-corrected chi connectivity index (χ1v) is 10.7. The summed E-state index contributed by atoms with van der Waals surface area (Å²) in [5.41, 5.74) is 0.350. The Kier molecular flexibility index (Phi) is 5.99. The van der Waals surface area contributed by atoms with Gasteiger partial charge in [0.1, 0.15) is 5.69 Å². The fourth-order valence-corrected chi connectivity index (χ4v) is 5.00. The van der Waals surface area contributed by atoms with Crippen molar-refractivity contribution in [2.24, 2.45) is 0 Å². The number of rotatable bonds is 5. The van der Waals surface area contributed by atoms with Gasteiger partial charge in [0, 0.05) is 58.4 Å². The van der Waals surface area contributed by atoms with Crippen molar-refractivity contribution >= 4 is 21.4 Å². The molecule has 0 N–H and O–H groups in total. The van der Waals surface area contributed by atoms with Gasteiger partial charge in [-0.05, 0) is 25.7 Å². The molecular formula is C17H27N5O4S. The van der Waals surface area contributed by atoms with Crippen LogP contribution in [0.15, 0.2) is 23.1 Å². The zero-order chi connectivity index (χ0) is 19.6. The van der Waals surface area contributed by atoms with Crippen molar-refractivity contribution in [3.8, 4) is 0 Å². The third-order valence-corrected chi connectivity index (χ3v) is 7.30. The Morgan fingerprint density at radius 1 is 1.04 bits per heavy atom. The number of nitrogens with zero attached hydrogens (tertiary/aromatic N) is 5. The van der Waals surface area contributed by atoms with E-state index in [1.54, 1.807) is 6.07 Å². The van der Waals surface area contributed by atoms with Crippen molar-refractivity contribution in [2.75, 3.05) is 70.9 Å². The van der Waals surface area contributed by atoms with Crippen LogP contribution in [0, 0.1) is 10.1 Å². The largest absolute Gasteiger partial charge is 0.363 e. The van der Waals surface area contributed by atoms with Gasteiger partial charge in [0.15, 0.2) is 0 Å². The summed E-state index contributed by atoms with van der Waals surface area (Å²) < 4.78 is 27.2. The molecular weight excluding hydrogens is 370 g/mol. The average Bonchev–Trinajstić information content (AvgIpc) is 2.68. The van der Waals surface area contributed by atoms with Crippen LogP contribution in [-0.4, -0.2) is 93.4 Å². The van der Waals surface area contributed by atoms with Gasteiger partial charge in [-0.1, -0.05) is 6.92 Å². The van der Waals surface area contributed by atoms with E-state index in [2.05, 4.69) is 16.7 Å². The summed E-state index contributed by atoms with van der Waals surface area (Å²) in [5, 5.41) is 11.6. The summed E-state index contributed by atoms with van der Waals surface area (Å²) in [4.78, 5) is 17.5. The highest BCUT2D eigenvalue weighted by molar-refractivity contribution is 7.89. The quantitative estimate of drug-likeness (QED) is 0.533. The van der Waals surface area contributed by atoms with E-state index in [0.717, 1.165) is 19.6 Å². The molecule has 2 fully saturated rings. The molecule has 0 radical (unpaired) electrons. The molecule has 0 unspecified atom stereocenters. The van der Waals surface area contributed by atoms with E-state index in [-0.39, 0.29) is 10.6 Å². The third kappa shape index (κ3) is 4.23. The van der Waals surface area contributed by atoms with E-state index in [4.69, 9.17) is 0 Å². The molecule has 0 amide bonds. The van der Waals surface area contributed by atoms with Crippen LogP contribution in [0.4, 0.5) is 11.4 Å². The Hall–Kier alpha value is -1.75. The Morgan fingerprint density at radius 2 is 1.67 bits per heavy atom. The van der Waals surface area contributed by atoms with Gasteiger partial charge in [-0.2, -0.15) is 4.31 Å². The van der Waals surface area contributed by atoms with E-state index < -0.39 is 14.9 Å². The Bertz CT molecular complexity index is 785. The average molecular weight is 398 g/mol. The molecule has 2 aliphatic rings. The van der Waals surface area contributed by atoms with E-state index in [9.17, 15) is 18.5 Å². The van der Waals surface area contributed by atoms with Crippen LogP contribution in [0.2, 0.25) is 0 Å². The monoisotopic (exact) mass is 397 g/mol. The molecule has 27 heavy (non-hydrogen) atoms. The third-order valence-electron chi connectivity index (χ3n) is 5.40. The number of benzene rings is 1. The summed E-state index contributed by atoms with van der Waals surface area (Å²) in [6, 6.07) is 4.31. The number of hydrogen-bond acceptors (Lipinski definition) is 7. The van der Waals surface area contributed by atoms with Gasteiger partial charge in [0.25, 0.3) is 5.69 Å². The molecule has 0 spiro atoms. The van der Waals surface area contributed by atoms with Gasteiger partial charge in [0.05, 0.1) is 9.82 Å². The lowest BCUT2D eigenvalue weighted by atomic mass is 10.2. The number of hydrogen-bond donors (Lipinski definition) is 0. The number of nitro groups is 1. The first kappa shape index (κ1) is 20.0. The number of likely N-dealkylation sites (N-methyl/N-ethyl adjacent to an activating group) is 2. The van der Waals surface area contributed by atoms with Gasteiger partial charge in [-0.3, -0.25) is 10.1 Å². The molecule has 0 aromatic heterocycles. The highest BCUT2D eigenvalue weighted by atomic mass is 32.2. The highest BCUT2D eigenvalue weighted by Crippen LogP contribution is 2.32. The maximum absolute atomic E-state index is 12.9. The lowest BCUT2D eigenvalue weighted by molar-refractivity contribution is -0.384. The van der Waals surface area contributed by atoms with Gasteiger partial charge in [-0.25, -0.2) is 8.42 Å². The van der Waals surface area contributed by atoms with Crippen molar-refractivity contribution in [3.63, 3.8) is 0 Å². The van der Waals surface area contributed by atoms with Gasteiger partial charge in [0.2, 0.25) is 10.0 Å². The smallest absolute Gasteiger partial charge is 0.293 e. The Balaban J connectivity index is 1.86. The molecule has 3 rings (SSSR count). The van der Waals surface area contributed by atoms with Crippen LogP contribution in [-0.2, 0) is 10.0 Å². The molecule has 0 saturated carbocycles. The molecule has 0 atom stereocenters. The Morgan fingerprint density at radius 3 is 2.22 bits per heavy atom. The van der Waals surface area contributed by atoms with Crippen LogP contribution in [0.3, 0.4) is 0 Å². The molecule has 10 heteroatoms. The molecule has 2 saturated heterocycles. The molecule has 2 heterocycles. The van der Waals surface area contributed by atoms with E-state index in [1.165, 1.54) is 16.4 Å². The lowest BCUT2D eigenvalue weighted by Gasteiger charge is -2.35. The van der Waals surface area contributed by atoms with Crippen LogP contribution in [0.25, 0.3) is 0 Å². The van der Waals surface area contributed by atoms with Crippen molar-refractivity contribution in [3.05, 3.63) is 28.3 Å². The summed E-state index contributed by atoms with van der Waals surface area (Å²) in [6.07, 6.45) is 0. The first-order chi connectivity index (χ1) is 12.8. The number of anilines is 1. The second-order valence-electron chi connectivity index (χ2n) is 7.04. The first-order valence-electron chi connectivity index (χ1n) is 9.27. The lowest BCUT2D eigenvalue weighted by Crippen LogP contribution is -2.47. The highest BCUT2D eigenvalue weighted by Gasteiger charge is 2.31. The van der Waals surface area contributed by atoms with E-state index in [0.29, 0.717) is 45.0 Å². The minimum absolute atomic E-state index is 0.00491.